The van der Waals surface area contributed by atoms with Crippen molar-refractivity contribution in [3.05, 3.63) is 59.8 Å². The molecule has 1 saturated heterocycles. The molecule has 4 rings (SSSR count). The number of aryl methyl sites for hydroxylation is 1. The molecule has 0 aliphatic carbocycles. The van der Waals surface area contributed by atoms with Crippen LogP contribution in [0.4, 0.5) is 5.69 Å². The molecule has 146 valence electrons. The van der Waals surface area contributed by atoms with E-state index < -0.39 is 10.0 Å². The number of aromatic amines is 1. The third-order valence-electron chi connectivity index (χ3n) is 5.14. The van der Waals surface area contributed by atoms with Gasteiger partial charge in [-0.25, -0.2) is 13.1 Å². The molecule has 1 aromatic heterocycles. The van der Waals surface area contributed by atoms with Crippen LogP contribution < -0.4 is 9.62 Å². The lowest BCUT2D eigenvalue weighted by Gasteiger charge is -2.16. The largest absolute Gasteiger partial charge is 0.361 e. The first-order valence-electron chi connectivity index (χ1n) is 9.41. The molecular weight excluding hydrogens is 374 g/mol. The molecule has 7 heteroatoms. The minimum Gasteiger partial charge on any atom is -0.361 e. The third kappa shape index (κ3) is 3.68. The fourth-order valence-electron chi connectivity index (χ4n) is 3.63. The molecule has 2 heterocycles. The summed E-state index contributed by atoms with van der Waals surface area (Å²) in [5.74, 6) is 0.0858. The molecule has 1 amide bonds. The van der Waals surface area contributed by atoms with Gasteiger partial charge in [-0.3, -0.25) is 4.79 Å². The van der Waals surface area contributed by atoms with Crippen molar-refractivity contribution in [1.82, 2.24) is 9.71 Å². The van der Waals surface area contributed by atoms with Gasteiger partial charge in [0.2, 0.25) is 15.9 Å². The summed E-state index contributed by atoms with van der Waals surface area (Å²) >= 11 is 0. The van der Waals surface area contributed by atoms with E-state index in [-0.39, 0.29) is 10.8 Å². The summed E-state index contributed by atoms with van der Waals surface area (Å²) in [6, 6.07) is 12.7. The molecule has 0 saturated carbocycles. The maximum absolute atomic E-state index is 12.6. The van der Waals surface area contributed by atoms with Crippen LogP contribution in [0.2, 0.25) is 0 Å². The number of nitrogens with one attached hydrogen (secondary N) is 2. The molecule has 0 radical (unpaired) electrons. The quantitative estimate of drug-likeness (QED) is 0.670. The van der Waals surface area contributed by atoms with E-state index in [1.807, 2.05) is 25.3 Å². The van der Waals surface area contributed by atoms with Gasteiger partial charge in [0.25, 0.3) is 0 Å². The summed E-state index contributed by atoms with van der Waals surface area (Å²) in [5.41, 5.74) is 4.06. The highest BCUT2D eigenvalue weighted by atomic mass is 32.2. The van der Waals surface area contributed by atoms with Gasteiger partial charge >= 0.3 is 0 Å². The maximum Gasteiger partial charge on any atom is 0.240 e. The van der Waals surface area contributed by atoms with Crippen molar-refractivity contribution in [1.29, 1.82) is 0 Å². The topological polar surface area (TPSA) is 82.3 Å². The predicted octanol–water partition coefficient (Wildman–Crippen LogP) is 3.12. The molecular formula is C21H23N3O3S. The Morgan fingerprint density at radius 2 is 1.93 bits per heavy atom. The van der Waals surface area contributed by atoms with Crippen LogP contribution in [0.15, 0.2) is 53.6 Å². The van der Waals surface area contributed by atoms with Gasteiger partial charge in [0.15, 0.2) is 0 Å². The van der Waals surface area contributed by atoms with Gasteiger partial charge in [-0.05, 0) is 61.7 Å². The maximum atomic E-state index is 12.6. The van der Waals surface area contributed by atoms with Crippen molar-refractivity contribution in [2.75, 3.05) is 18.0 Å². The van der Waals surface area contributed by atoms with Gasteiger partial charge in [0.1, 0.15) is 0 Å². The second-order valence-electron chi connectivity index (χ2n) is 7.15. The lowest BCUT2D eigenvalue weighted by atomic mass is 10.1. The minimum atomic E-state index is -3.59. The summed E-state index contributed by atoms with van der Waals surface area (Å²) in [6.07, 6.45) is 3.92. The smallest absolute Gasteiger partial charge is 0.240 e. The number of amides is 1. The fourth-order valence-corrected chi connectivity index (χ4v) is 4.66. The number of hydrogen-bond donors (Lipinski definition) is 2. The molecule has 28 heavy (non-hydrogen) atoms. The molecule has 3 aromatic rings. The average molecular weight is 398 g/mol. The first kappa shape index (κ1) is 18.7. The van der Waals surface area contributed by atoms with E-state index in [1.54, 1.807) is 29.2 Å². The van der Waals surface area contributed by atoms with Gasteiger partial charge in [-0.1, -0.05) is 11.6 Å². The molecule has 2 N–H and O–H groups in total. The average Bonchev–Trinajstić information content (AvgIpc) is 3.28. The van der Waals surface area contributed by atoms with Crippen LogP contribution in [0, 0.1) is 6.92 Å². The van der Waals surface area contributed by atoms with Crippen molar-refractivity contribution < 1.29 is 13.2 Å². The number of benzene rings is 2. The lowest BCUT2D eigenvalue weighted by Crippen LogP contribution is -2.26. The van der Waals surface area contributed by atoms with Crippen molar-refractivity contribution in [2.45, 2.75) is 31.1 Å². The number of nitrogens with zero attached hydrogens (tertiary/aromatic N) is 1. The number of rotatable bonds is 6. The molecule has 0 unspecified atom stereocenters. The Kier molecular flexibility index (Phi) is 4.95. The first-order valence-corrected chi connectivity index (χ1v) is 10.9. The predicted molar refractivity (Wildman–Crippen MR) is 110 cm³/mol. The van der Waals surface area contributed by atoms with Crippen LogP contribution in [0.1, 0.15) is 24.0 Å². The molecule has 0 spiro atoms. The highest BCUT2D eigenvalue weighted by Gasteiger charge is 2.22. The summed E-state index contributed by atoms with van der Waals surface area (Å²) in [7, 11) is -3.59. The summed E-state index contributed by atoms with van der Waals surface area (Å²) in [6.45, 7) is 3.04. The summed E-state index contributed by atoms with van der Waals surface area (Å²) < 4.78 is 27.8. The number of sulfonamides is 1. The van der Waals surface area contributed by atoms with Gasteiger partial charge in [-0.15, -0.1) is 0 Å². The third-order valence-corrected chi connectivity index (χ3v) is 6.62. The molecule has 2 aromatic carbocycles. The van der Waals surface area contributed by atoms with Crippen molar-refractivity contribution in [2.24, 2.45) is 0 Å². The minimum absolute atomic E-state index is 0.0858. The van der Waals surface area contributed by atoms with E-state index >= 15 is 0 Å². The Labute approximate surface area is 164 Å². The van der Waals surface area contributed by atoms with Gasteiger partial charge in [0, 0.05) is 42.3 Å². The standard InChI is InChI=1S/C21H23N3O3S/c1-15-4-9-20-19(13-15)16(14-22-20)10-11-23-28(26,27)18-7-5-17(6-8-18)24-12-2-3-21(24)25/h4-9,13-14,22-23H,2-3,10-12H2,1H3. The number of carbonyl (C=O) groups excluding carboxylic acids is 1. The van der Waals surface area contributed by atoms with Crippen molar-refractivity contribution in [3.63, 3.8) is 0 Å². The van der Waals surface area contributed by atoms with E-state index in [9.17, 15) is 13.2 Å². The van der Waals surface area contributed by atoms with Gasteiger partial charge < -0.3 is 9.88 Å². The Morgan fingerprint density at radius 1 is 1.14 bits per heavy atom. The second-order valence-corrected chi connectivity index (χ2v) is 8.92. The van der Waals surface area contributed by atoms with E-state index in [0.29, 0.717) is 25.9 Å². The van der Waals surface area contributed by atoms with Crippen LogP contribution in [-0.2, 0) is 21.2 Å². The van der Waals surface area contributed by atoms with Crippen LogP contribution in [0.25, 0.3) is 10.9 Å². The highest BCUT2D eigenvalue weighted by molar-refractivity contribution is 7.89. The zero-order chi connectivity index (χ0) is 19.7. The molecule has 6 nitrogen and oxygen atoms in total. The molecule has 1 aliphatic heterocycles. The lowest BCUT2D eigenvalue weighted by molar-refractivity contribution is -0.117. The van der Waals surface area contributed by atoms with E-state index in [1.165, 1.54) is 5.56 Å². The van der Waals surface area contributed by atoms with E-state index in [0.717, 1.165) is 28.6 Å². The number of anilines is 1. The first-order chi connectivity index (χ1) is 13.4. The monoisotopic (exact) mass is 397 g/mol. The zero-order valence-electron chi connectivity index (χ0n) is 15.7. The number of aromatic nitrogens is 1. The van der Waals surface area contributed by atoms with Gasteiger partial charge in [0.05, 0.1) is 4.90 Å². The Hall–Kier alpha value is -2.64. The number of hydrogen-bond acceptors (Lipinski definition) is 3. The van der Waals surface area contributed by atoms with Crippen molar-refractivity contribution >= 4 is 32.5 Å². The van der Waals surface area contributed by atoms with Crippen LogP contribution in [-0.4, -0.2) is 32.4 Å². The highest BCUT2D eigenvalue weighted by Crippen LogP contribution is 2.23. The van der Waals surface area contributed by atoms with E-state index in [2.05, 4.69) is 15.8 Å². The zero-order valence-corrected chi connectivity index (χ0v) is 16.6. The Bertz CT molecular complexity index is 1120. The number of H-pyrrole nitrogens is 1. The Morgan fingerprint density at radius 3 is 2.64 bits per heavy atom. The normalized spacial score (nSPS) is 14.9. The number of carbonyl (C=O) groups is 1. The van der Waals surface area contributed by atoms with Crippen LogP contribution in [0.3, 0.4) is 0 Å². The second kappa shape index (κ2) is 7.41. The Balaban J connectivity index is 1.42. The van der Waals surface area contributed by atoms with Crippen LogP contribution in [0.5, 0.6) is 0 Å². The fraction of sp³-hybridized carbons (Fsp3) is 0.286. The number of fused-ring (bicyclic) bond motifs is 1. The summed E-state index contributed by atoms with van der Waals surface area (Å²) in [5, 5.41) is 1.12. The van der Waals surface area contributed by atoms with Crippen LogP contribution >= 0.6 is 0 Å². The molecule has 1 aliphatic rings. The SMILES string of the molecule is Cc1ccc2[nH]cc(CCNS(=O)(=O)c3ccc(N4CCCC4=O)cc3)c2c1. The summed E-state index contributed by atoms with van der Waals surface area (Å²) in [4.78, 5) is 16.9. The molecule has 1 fully saturated rings. The molecule has 0 atom stereocenters. The molecule has 0 bridgehead atoms. The van der Waals surface area contributed by atoms with Gasteiger partial charge in [-0.2, -0.15) is 0 Å². The van der Waals surface area contributed by atoms with E-state index in [4.69, 9.17) is 0 Å². The van der Waals surface area contributed by atoms with Crippen molar-refractivity contribution in [3.8, 4) is 0 Å².